The van der Waals surface area contributed by atoms with Gasteiger partial charge in [0.25, 0.3) is 0 Å². The smallest absolute Gasteiger partial charge is 0.410 e. The normalized spacial score (nSPS) is 18.2. The monoisotopic (exact) mass is 868 g/mol. The van der Waals surface area contributed by atoms with Gasteiger partial charge in [-0.15, -0.1) is 0 Å². The molecule has 330 valence electrons. The fraction of sp³-hybridized carbons (Fsp3) is 0.385. The Hall–Kier alpha value is -5.94. The molecule has 4 aliphatic rings. The number of likely N-dealkylation sites (tertiary alicyclic amines) is 2. The first kappa shape index (κ1) is 45.1. The second kappa shape index (κ2) is 19.6. The number of rotatable bonds is 8. The van der Waals surface area contributed by atoms with E-state index < -0.39 is 8.32 Å². The van der Waals surface area contributed by atoms with Crippen molar-refractivity contribution in [3.05, 3.63) is 154 Å². The number of aromatic hydroxyl groups is 1. The number of ether oxygens (including phenoxy) is 2. The van der Waals surface area contributed by atoms with Crippen LogP contribution < -0.4 is 4.43 Å². The SMILES string of the molecule is CC(C)(C)[Si](C)(C)Oc1ccc2c(c1)C(=O)/C(=C/C1CCN(C(=O)OCc3ccccc3)CC1)C2.O=C1/C(=C/C2CCN(C(=O)OCc3ccccc3)CC2)Cc2ccc(O)cc21. The molecule has 2 heterocycles. The maximum Gasteiger partial charge on any atom is 0.410 e. The fourth-order valence-corrected chi connectivity index (χ4v) is 9.26. The van der Waals surface area contributed by atoms with E-state index in [0.29, 0.717) is 50.5 Å². The van der Waals surface area contributed by atoms with Crippen LogP contribution in [0.25, 0.3) is 0 Å². The number of hydrogen-bond acceptors (Lipinski definition) is 8. The molecule has 8 rings (SSSR count). The summed E-state index contributed by atoms with van der Waals surface area (Å²) >= 11 is 0. The van der Waals surface area contributed by atoms with Crippen molar-refractivity contribution in [2.45, 2.75) is 90.6 Å². The summed E-state index contributed by atoms with van der Waals surface area (Å²) in [6, 6.07) is 30.3. The van der Waals surface area contributed by atoms with Crippen molar-refractivity contribution in [2.75, 3.05) is 26.2 Å². The Kier molecular flexibility index (Phi) is 14.0. The highest BCUT2D eigenvalue weighted by Crippen LogP contribution is 2.39. The van der Waals surface area contributed by atoms with Crippen molar-refractivity contribution >= 4 is 32.1 Å². The van der Waals surface area contributed by atoms with Crippen LogP contribution in [0, 0.1) is 11.8 Å². The highest BCUT2D eigenvalue weighted by Gasteiger charge is 2.39. The van der Waals surface area contributed by atoms with E-state index in [1.807, 2.05) is 84.9 Å². The van der Waals surface area contributed by atoms with Gasteiger partial charge in [-0.3, -0.25) is 9.59 Å². The molecule has 4 aromatic carbocycles. The Morgan fingerprint density at radius 2 is 1.08 bits per heavy atom. The van der Waals surface area contributed by atoms with Crippen molar-refractivity contribution in [1.29, 1.82) is 0 Å². The summed E-state index contributed by atoms with van der Waals surface area (Å²) in [5.74, 6) is 1.62. The van der Waals surface area contributed by atoms with E-state index in [9.17, 15) is 24.3 Å². The molecule has 0 atom stereocenters. The van der Waals surface area contributed by atoms with Crippen LogP contribution >= 0.6 is 0 Å². The molecule has 0 saturated carbocycles. The van der Waals surface area contributed by atoms with Gasteiger partial charge in [-0.25, -0.2) is 9.59 Å². The zero-order chi connectivity index (χ0) is 44.7. The van der Waals surface area contributed by atoms with E-state index in [0.717, 1.165) is 70.4 Å². The molecule has 11 heteroatoms. The molecule has 1 N–H and O–H groups in total. The van der Waals surface area contributed by atoms with Crippen LogP contribution in [0.5, 0.6) is 11.5 Å². The first-order chi connectivity index (χ1) is 30.1. The number of carbonyl (C=O) groups is 4. The van der Waals surface area contributed by atoms with Crippen molar-refractivity contribution in [3.8, 4) is 11.5 Å². The summed E-state index contributed by atoms with van der Waals surface area (Å²) in [7, 11) is -1.96. The zero-order valence-electron chi connectivity index (χ0n) is 37.2. The number of fused-ring (bicyclic) bond motifs is 2. The number of ketones is 2. The third-order valence-corrected chi connectivity index (χ3v) is 17.4. The van der Waals surface area contributed by atoms with E-state index in [2.05, 4.69) is 46.0 Å². The van der Waals surface area contributed by atoms with Gasteiger partial charge in [0.2, 0.25) is 8.32 Å². The predicted octanol–water partition coefficient (Wildman–Crippen LogP) is 10.9. The number of nitrogens with zero attached hydrogens (tertiary/aromatic N) is 2. The van der Waals surface area contributed by atoms with Crippen molar-refractivity contribution < 1.29 is 38.2 Å². The number of phenols is 1. The third kappa shape index (κ3) is 11.4. The number of carbonyl (C=O) groups excluding carboxylic acids is 4. The van der Waals surface area contributed by atoms with Gasteiger partial charge in [0.1, 0.15) is 24.7 Å². The summed E-state index contributed by atoms with van der Waals surface area (Å²) in [6.45, 7) is 14.2. The van der Waals surface area contributed by atoms with Crippen LogP contribution in [-0.4, -0.2) is 73.2 Å². The quantitative estimate of drug-likeness (QED) is 0.137. The lowest BCUT2D eigenvalue weighted by atomic mass is 9.93. The highest BCUT2D eigenvalue weighted by atomic mass is 28.4. The van der Waals surface area contributed by atoms with Crippen LogP contribution in [0.4, 0.5) is 9.59 Å². The Morgan fingerprint density at radius 1 is 0.651 bits per heavy atom. The molecular weight excluding hydrogens is 809 g/mol. The minimum atomic E-state index is -1.96. The van der Waals surface area contributed by atoms with Crippen LogP contribution in [0.1, 0.15) is 89.4 Å². The summed E-state index contributed by atoms with van der Waals surface area (Å²) in [5.41, 5.74) is 7.04. The van der Waals surface area contributed by atoms with E-state index >= 15 is 0 Å². The topological polar surface area (TPSA) is 123 Å². The molecule has 2 aliphatic carbocycles. The molecule has 4 aromatic rings. The van der Waals surface area contributed by atoms with Crippen molar-refractivity contribution in [1.82, 2.24) is 9.80 Å². The molecule has 0 radical (unpaired) electrons. The Morgan fingerprint density at radius 3 is 1.52 bits per heavy atom. The molecular formula is C52H60N2O8Si. The third-order valence-electron chi connectivity index (χ3n) is 13.1. The van der Waals surface area contributed by atoms with E-state index in [1.165, 1.54) is 0 Å². The molecule has 0 spiro atoms. The van der Waals surface area contributed by atoms with Crippen LogP contribution in [0.2, 0.25) is 18.1 Å². The summed E-state index contributed by atoms with van der Waals surface area (Å²) in [6.07, 6.45) is 8.27. The average molecular weight is 869 g/mol. The number of piperidine rings is 2. The molecule has 2 aliphatic heterocycles. The lowest BCUT2D eigenvalue weighted by Crippen LogP contribution is -2.43. The number of benzene rings is 4. The van der Waals surface area contributed by atoms with Crippen molar-refractivity contribution in [3.63, 3.8) is 0 Å². The Balaban J connectivity index is 0.000000193. The van der Waals surface area contributed by atoms with E-state index in [1.54, 1.807) is 21.9 Å². The van der Waals surface area contributed by atoms with Gasteiger partial charge in [-0.05, 0) is 102 Å². The maximum atomic E-state index is 13.2. The number of hydrogen-bond donors (Lipinski definition) is 1. The highest BCUT2D eigenvalue weighted by molar-refractivity contribution is 6.74. The zero-order valence-corrected chi connectivity index (χ0v) is 38.2. The predicted molar refractivity (Wildman–Crippen MR) is 246 cm³/mol. The molecule has 0 unspecified atom stereocenters. The largest absolute Gasteiger partial charge is 0.543 e. The maximum absolute atomic E-state index is 13.2. The Labute approximate surface area is 372 Å². The van der Waals surface area contributed by atoms with Gasteiger partial charge in [0, 0.05) is 61.3 Å². The van der Waals surface area contributed by atoms with E-state index in [4.69, 9.17) is 13.9 Å². The van der Waals surface area contributed by atoms with Gasteiger partial charge in [-0.1, -0.05) is 106 Å². The molecule has 0 aromatic heterocycles. The molecule has 10 nitrogen and oxygen atoms in total. The molecule has 0 bridgehead atoms. The minimum Gasteiger partial charge on any atom is -0.543 e. The molecule has 2 saturated heterocycles. The van der Waals surface area contributed by atoms with Crippen LogP contribution in [-0.2, 0) is 35.5 Å². The second-order valence-electron chi connectivity index (χ2n) is 18.6. The first-order valence-corrected chi connectivity index (χ1v) is 25.1. The number of Topliss-reactive ketones (excluding diaryl/α,β-unsaturated/α-hetero) is 2. The average Bonchev–Trinajstić information content (AvgIpc) is 3.75. The van der Waals surface area contributed by atoms with Crippen LogP contribution in [0.3, 0.4) is 0 Å². The number of amides is 2. The lowest BCUT2D eigenvalue weighted by molar-refractivity contribution is 0.0846. The fourth-order valence-electron chi connectivity index (χ4n) is 8.24. The number of phenolic OH excluding ortho intramolecular Hbond substituents is 1. The standard InChI is InChI=1S/C29H37NO4Si.C23H23NO4/c1-29(2,3)35(4,5)34-25-12-11-23-18-24(27(31)26(23)19-25)17-21-13-15-30(16-14-21)28(32)33-20-22-9-7-6-8-10-22;25-20-7-6-18-13-19(22(26)21(18)14-20)12-16-8-10-24(11-9-16)23(27)28-15-17-4-2-1-3-5-17/h6-12,17,19,21H,13-16,18,20H2,1-5H3;1-7,12,14,16,25H,8-11,13,15H2/b24-17+;19-12+. The van der Waals surface area contributed by atoms with E-state index in [-0.39, 0.29) is 53.7 Å². The first-order valence-electron chi connectivity index (χ1n) is 22.2. The van der Waals surface area contributed by atoms with Gasteiger partial charge in [0.15, 0.2) is 11.6 Å². The van der Waals surface area contributed by atoms with Gasteiger partial charge >= 0.3 is 12.2 Å². The summed E-state index contributed by atoms with van der Waals surface area (Å²) < 4.78 is 17.3. The lowest BCUT2D eigenvalue weighted by Gasteiger charge is -2.36. The molecule has 2 fully saturated rings. The van der Waals surface area contributed by atoms with Crippen LogP contribution in [0.15, 0.2) is 120 Å². The Bertz CT molecular complexity index is 2350. The van der Waals surface area contributed by atoms with Gasteiger partial charge < -0.3 is 28.8 Å². The number of allylic oxidation sites excluding steroid dienone is 4. The minimum absolute atomic E-state index is 0.00982. The molecule has 2 amide bonds. The van der Waals surface area contributed by atoms with Gasteiger partial charge in [-0.2, -0.15) is 0 Å². The van der Waals surface area contributed by atoms with Crippen molar-refractivity contribution in [2.24, 2.45) is 11.8 Å². The second-order valence-corrected chi connectivity index (χ2v) is 23.4. The van der Waals surface area contributed by atoms with Gasteiger partial charge in [0.05, 0.1) is 0 Å². The summed E-state index contributed by atoms with van der Waals surface area (Å²) in [4.78, 5) is 53.9. The summed E-state index contributed by atoms with van der Waals surface area (Å²) in [5, 5.41) is 9.70. The molecule has 63 heavy (non-hydrogen) atoms.